The Hall–Kier alpha value is -1.49. The van der Waals surface area contributed by atoms with Gasteiger partial charge in [0.2, 0.25) is 0 Å². The normalized spacial score (nSPS) is 14.7. The van der Waals surface area contributed by atoms with Gasteiger partial charge in [0.1, 0.15) is 18.5 Å². The molecule has 0 radical (unpaired) electrons. The van der Waals surface area contributed by atoms with Crippen molar-refractivity contribution in [2.24, 2.45) is 0 Å². The van der Waals surface area contributed by atoms with E-state index in [2.05, 4.69) is 47.8 Å². The minimum Gasteiger partial charge on any atom is -0.490 e. The van der Waals surface area contributed by atoms with Gasteiger partial charge >= 0.3 is 0 Å². The molecule has 26 heavy (non-hydrogen) atoms. The van der Waals surface area contributed by atoms with Crippen LogP contribution in [0.2, 0.25) is 0 Å². The van der Waals surface area contributed by atoms with Crippen LogP contribution in [0.1, 0.15) is 30.4 Å². The Morgan fingerprint density at radius 3 is 2.85 bits per heavy atom. The number of fused-ring (bicyclic) bond motifs is 1. The van der Waals surface area contributed by atoms with Gasteiger partial charge in [-0.25, -0.2) is 0 Å². The fourth-order valence-corrected chi connectivity index (χ4v) is 4.33. The Morgan fingerprint density at radius 2 is 1.96 bits per heavy atom. The third-order valence-corrected chi connectivity index (χ3v) is 5.87. The third kappa shape index (κ3) is 6.04. The molecule has 3 rings (SSSR count). The highest BCUT2D eigenvalue weighted by molar-refractivity contribution is 7.99. The Balaban J connectivity index is 1.29. The zero-order valence-electron chi connectivity index (χ0n) is 15.3. The number of aryl methyl sites for hydroxylation is 2. The predicted octanol–water partition coefficient (Wildman–Crippen LogP) is 4.08. The first-order chi connectivity index (χ1) is 12.8. The summed E-state index contributed by atoms with van der Waals surface area (Å²) in [6.07, 6.45) is 5.28. The van der Waals surface area contributed by atoms with E-state index in [0.29, 0.717) is 13.2 Å². The lowest BCUT2D eigenvalue weighted by atomic mass is 10.1. The summed E-state index contributed by atoms with van der Waals surface area (Å²) >= 11 is 1.87. The molecule has 140 valence electrons. The van der Waals surface area contributed by atoms with Crippen LogP contribution in [0, 0.1) is 0 Å². The molecule has 0 bridgehead atoms. The van der Waals surface area contributed by atoms with E-state index in [0.717, 1.165) is 43.7 Å². The topological polar surface area (TPSA) is 41.5 Å². The second-order valence-corrected chi connectivity index (χ2v) is 7.91. The Morgan fingerprint density at radius 1 is 1.08 bits per heavy atom. The highest BCUT2D eigenvalue weighted by Gasteiger charge is 2.15. The molecule has 3 nitrogen and oxygen atoms in total. The summed E-state index contributed by atoms with van der Waals surface area (Å²) in [5.74, 6) is 2.08. The van der Waals surface area contributed by atoms with Gasteiger partial charge < -0.3 is 15.2 Å². The van der Waals surface area contributed by atoms with Crippen molar-refractivity contribution < 1.29 is 9.84 Å². The molecule has 2 aromatic carbocycles. The number of aliphatic hydroxyl groups is 1. The lowest BCUT2D eigenvalue weighted by Gasteiger charge is -2.20. The van der Waals surface area contributed by atoms with Crippen LogP contribution in [-0.4, -0.2) is 36.7 Å². The van der Waals surface area contributed by atoms with Gasteiger partial charge in [-0.15, -0.1) is 11.8 Å². The number of unbranched alkanes of at least 4 members (excludes halogenated alkanes) is 1. The van der Waals surface area contributed by atoms with E-state index in [9.17, 15) is 5.11 Å². The van der Waals surface area contributed by atoms with Gasteiger partial charge in [-0.2, -0.15) is 0 Å². The van der Waals surface area contributed by atoms with Crippen LogP contribution >= 0.6 is 11.8 Å². The molecule has 1 aliphatic heterocycles. The van der Waals surface area contributed by atoms with E-state index in [1.807, 2.05) is 17.8 Å². The Labute approximate surface area is 161 Å². The van der Waals surface area contributed by atoms with Crippen molar-refractivity contribution in [3.05, 3.63) is 59.7 Å². The SMILES string of the molecule is OC(CNCCCCc1ccccc1)COc1cccc2c1SCCC2. The number of hydrogen-bond acceptors (Lipinski definition) is 4. The second kappa shape index (κ2) is 10.6. The van der Waals surface area contributed by atoms with Crippen LogP contribution in [0.3, 0.4) is 0 Å². The summed E-state index contributed by atoms with van der Waals surface area (Å²) in [6, 6.07) is 16.8. The number of nitrogens with one attached hydrogen (secondary N) is 1. The average molecular weight is 372 g/mol. The van der Waals surface area contributed by atoms with E-state index < -0.39 is 6.10 Å². The van der Waals surface area contributed by atoms with Crippen LogP contribution in [-0.2, 0) is 12.8 Å². The summed E-state index contributed by atoms with van der Waals surface area (Å²) < 4.78 is 5.89. The van der Waals surface area contributed by atoms with Crippen LogP contribution in [0.4, 0.5) is 0 Å². The fourth-order valence-electron chi connectivity index (χ4n) is 3.21. The molecule has 0 saturated heterocycles. The van der Waals surface area contributed by atoms with Gasteiger partial charge in [0.25, 0.3) is 0 Å². The highest BCUT2D eigenvalue weighted by atomic mass is 32.2. The Kier molecular flexibility index (Phi) is 7.87. The average Bonchev–Trinajstić information content (AvgIpc) is 2.69. The summed E-state index contributed by atoms with van der Waals surface area (Å²) in [6.45, 7) is 1.85. The quantitative estimate of drug-likeness (QED) is 0.618. The minimum atomic E-state index is -0.478. The lowest BCUT2D eigenvalue weighted by molar-refractivity contribution is 0.105. The maximum atomic E-state index is 10.2. The number of thioether (sulfide) groups is 1. The van der Waals surface area contributed by atoms with E-state index in [-0.39, 0.29) is 0 Å². The largest absolute Gasteiger partial charge is 0.490 e. The van der Waals surface area contributed by atoms with E-state index >= 15 is 0 Å². The van der Waals surface area contributed by atoms with Gasteiger partial charge in [-0.1, -0.05) is 42.5 Å². The summed E-state index contributed by atoms with van der Waals surface area (Å²) in [7, 11) is 0. The Bertz CT molecular complexity index is 662. The van der Waals surface area contributed by atoms with Crippen molar-refractivity contribution in [3.8, 4) is 5.75 Å². The molecule has 0 spiro atoms. The molecule has 2 N–H and O–H groups in total. The molecule has 0 aromatic heterocycles. The van der Waals surface area contributed by atoms with Crippen molar-refractivity contribution in [1.82, 2.24) is 5.32 Å². The summed E-state index contributed by atoms with van der Waals surface area (Å²) in [4.78, 5) is 1.26. The van der Waals surface area contributed by atoms with Crippen LogP contribution in [0.5, 0.6) is 5.75 Å². The predicted molar refractivity (Wildman–Crippen MR) is 109 cm³/mol. The number of hydrogen-bond donors (Lipinski definition) is 2. The van der Waals surface area contributed by atoms with E-state index in [1.165, 1.54) is 22.4 Å². The molecule has 0 fully saturated rings. The molecule has 1 atom stereocenters. The molecule has 0 saturated carbocycles. The molecule has 1 unspecified atom stereocenters. The van der Waals surface area contributed by atoms with Crippen molar-refractivity contribution in [2.75, 3.05) is 25.4 Å². The molecular weight excluding hydrogens is 342 g/mol. The fraction of sp³-hybridized carbons (Fsp3) is 0.455. The smallest absolute Gasteiger partial charge is 0.133 e. The van der Waals surface area contributed by atoms with Gasteiger partial charge in [0.05, 0.1) is 4.90 Å². The van der Waals surface area contributed by atoms with Crippen molar-refractivity contribution in [2.45, 2.75) is 43.1 Å². The van der Waals surface area contributed by atoms with E-state index in [4.69, 9.17) is 4.74 Å². The first-order valence-corrected chi connectivity index (χ1v) is 10.6. The van der Waals surface area contributed by atoms with Crippen molar-refractivity contribution >= 4 is 11.8 Å². The minimum absolute atomic E-state index is 0.341. The van der Waals surface area contributed by atoms with E-state index in [1.54, 1.807) is 0 Å². The van der Waals surface area contributed by atoms with Crippen LogP contribution < -0.4 is 10.1 Å². The van der Waals surface area contributed by atoms with Crippen molar-refractivity contribution in [3.63, 3.8) is 0 Å². The van der Waals surface area contributed by atoms with Crippen molar-refractivity contribution in [1.29, 1.82) is 0 Å². The maximum absolute atomic E-state index is 10.2. The number of ether oxygens (including phenoxy) is 1. The van der Waals surface area contributed by atoms with Gasteiger partial charge in [0.15, 0.2) is 0 Å². The number of benzene rings is 2. The molecule has 0 amide bonds. The molecule has 0 aliphatic carbocycles. The molecule has 4 heteroatoms. The molecule has 1 heterocycles. The van der Waals surface area contributed by atoms with Gasteiger partial charge in [-0.3, -0.25) is 0 Å². The number of aliphatic hydroxyl groups excluding tert-OH is 1. The standard InChI is InChI=1S/C22H29NO2S/c24-20(16-23-14-5-4-10-18-8-2-1-3-9-18)17-25-21-13-6-11-19-12-7-15-26-22(19)21/h1-3,6,8-9,11,13,20,23-24H,4-5,7,10,12,14-17H2. The van der Waals surface area contributed by atoms with Gasteiger partial charge in [0, 0.05) is 6.54 Å². The second-order valence-electron chi connectivity index (χ2n) is 6.81. The van der Waals surface area contributed by atoms with Crippen LogP contribution in [0.15, 0.2) is 53.4 Å². The monoisotopic (exact) mass is 371 g/mol. The van der Waals surface area contributed by atoms with Crippen LogP contribution in [0.25, 0.3) is 0 Å². The zero-order chi connectivity index (χ0) is 18.0. The summed E-state index contributed by atoms with van der Waals surface area (Å²) in [5.41, 5.74) is 2.77. The zero-order valence-corrected chi connectivity index (χ0v) is 16.1. The molecule has 2 aromatic rings. The van der Waals surface area contributed by atoms with Gasteiger partial charge in [-0.05, 0) is 61.6 Å². The number of rotatable bonds is 10. The molecular formula is C22H29NO2S. The lowest BCUT2D eigenvalue weighted by Crippen LogP contribution is -2.32. The summed E-state index contributed by atoms with van der Waals surface area (Å²) in [5, 5.41) is 13.5. The first-order valence-electron chi connectivity index (χ1n) is 9.63. The first kappa shape index (κ1) is 19.3. The third-order valence-electron chi connectivity index (χ3n) is 4.62. The maximum Gasteiger partial charge on any atom is 0.133 e. The highest BCUT2D eigenvalue weighted by Crippen LogP contribution is 2.37. The molecule has 1 aliphatic rings.